The summed E-state index contributed by atoms with van der Waals surface area (Å²) in [7, 11) is 0. The van der Waals surface area contributed by atoms with Gasteiger partial charge in [-0.3, -0.25) is 4.79 Å². The van der Waals surface area contributed by atoms with Crippen LogP contribution < -0.4 is 4.74 Å². The van der Waals surface area contributed by atoms with Crippen LogP contribution in [0.2, 0.25) is 0 Å². The Balaban J connectivity index is 1.42. The maximum atomic E-state index is 13.8. The summed E-state index contributed by atoms with van der Waals surface area (Å²) in [5.41, 5.74) is 1.45. The molecule has 0 spiro atoms. The number of carbonyl (C=O) groups is 1. The van der Waals surface area contributed by atoms with Crippen LogP contribution in [0.25, 0.3) is 11.4 Å². The molecule has 0 radical (unpaired) electrons. The highest BCUT2D eigenvalue weighted by atomic mass is 19.4. The van der Waals surface area contributed by atoms with Gasteiger partial charge in [-0.15, -0.1) is 0 Å². The zero-order valence-corrected chi connectivity index (χ0v) is 18.9. The molecule has 10 heteroatoms. The van der Waals surface area contributed by atoms with Crippen LogP contribution in [0.3, 0.4) is 0 Å². The Labute approximate surface area is 199 Å². The number of fused-ring (bicyclic) bond motifs is 1. The number of rotatable bonds is 5. The van der Waals surface area contributed by atoms with Crippen molar-refractivity contribution in [2.75, 3.05) is 13.2 Å². The van der Waals surface area contributed by atoms with Crippen molar-refractivity contribution in [3.63, 3.8) is 0 Å². The van der Waals surface area contributed by atoms with E-state index in [9.17, 15) is 18.0 Å². The van der Waals surface area contributed by atoms with Crippen LogP contribution >= 0.6 is 0 Å². The minimum Gasteiger partial charge on any atom is -0.475 e. The predicted octanol–water partition coefficient (Wildman–Crippen LogP) is 4.36. The van der Waals surface area contributed by atoms with Crippen LogP contribution in [0.1, 0.15) is 28.3 Å². The van der Waals surface area contributed by atoms with Crippen molar-refractivity contribution in [1.29, 1.82) is 0 Å². The van der Waals surface area contributed by atoms with Gasteiger partial charge in [-0.1, -0.05) is 18.2 Å². The average Bonchev–Trinajstić information content (AvgIpc) is 3.49. The first-order valence-corrected chi connectivity index (χ1v) is 11.1. The molecule has 4 heterocycles. The number of nitrogens with zero attached hydrogens (tertiary/aromatic N) is 5. The summed E-state index contributed by atoms with van der Waals surface area (Å²) < 4.78 is 44.8. The van der Waals surface area contributed by atoms with Gasteiger partial charge in [-0.05, 0) is 43.5 Å². The number of ether oxygens (including phenoxy) is 1. The molecule has 3 aromatic heterocycles. The maximum Gasteiger partial charge on any atom is 0.433 e. The van der Waals surface area contributed by atoms with Crippen LogP contribution in [0.15, 0.2) is 60.9 Å². The summed E-state index contributed by atoms with van der Waals surface area (Å²) in [4.78, 5) is 32.1. The number of pyridine rings is 2. The lowest BCUT2D eigenvalue weighted by molar-refractivity contribution is -0.141. The number of carbonyl (C=O) groups excluding carboxylic acids is 1. The van der Waals surface area contributed by atoms with Gasteiger partial charge in [0.1, 0.15) is 18.0 Å². The van der Waals surface area contributed by atoms with Crippen LogP contribution in [-0.4, -0.2) is 49.9 Å². The minimum absolute atomic E-state index is 0.000460. The van der Waals surface area contributed by atoms with Gasteiger partial charge in [0.15, 0.2) is 5.82 Å². The van der Waals surface area contributed by atoms with Crippen molar-refractivity contribution in [3.05, 3.63) is 78.0 Å². The number of piperidine rings is 1. The molecule has 0 bridgehead atoms. The van der Waals surface area contributed by atoms with Gasteiger partial charge in [0.2, 0.25) is 5.88 Å². The van der Waals surface area contributed by atoms with E-state index in [0.29, 0.717) is 30.0 Å². The van der Waals surface area contributed by atoms with Gasteiger partial charge in [0.05, 0.1) is 11.6 Å². The van der Waals surface area contributed by atoms with E-state index >= 15 is 0 Å². The topological polar surface area (TPSA) is 81.1 Å². The molecule has 2 fully saturated rings. The molecule has 5 rings (SSSR count). The van der Waals surface area contributed by atoms with E-state index < -0.39 is 11.9 Å². The SMILES string of the molecule is C=C1C2CC(COc3cccc(C(F)(F)F)n3)N(C(=O)c3nc(C)ccc3-c3ncccn3)CC12. The van der Waals surface area contributed by atoms with Gasteiger partial charge in [0, 0.05) is 36.6 Å². The Bertz CT molecular complexity index is 1280. The average molecular weight is 481 g/mol. The molecular formula is C25H22F3N5O2. The Morgan fingerprint density at radius 1 is 1.11 bits per heavy atom. The summed E-state index contributed by atoms with van der Waals surface area (Å²) in [6.07, 6.45) is -0.779. The first-order chi connectivity index (χ1) is 16.7. The van der Waals surface area contributed by atoms with E-state index in [2.05, 4.69) is 26.5 Å². The standard InChI is InChI=1S/C25H22F3N5O2/c1-14-7-8-17(23-29-9-4-10-30-23)22(31-14)24(34)33-12-19-15(2)18(19)11-16(33)13-35-21-6-3-5-20(32-21)25(26,27)28/h3-10,16,18-19H,2,11-13H2,1H3. The molecule has 35 heavy (non-hydrogen) atoms. The lowest BCUT2D eigenvalue weighted by Gasteiger charge is -2.35. The van der Waals surface area contributed by atoms with Gasteiger partial charge in [-0.2, -0.15) is 13.2 Å². The molecule has 0 aromatic carbocycles. The Morgan fingerprint density at radius 3 is 2.63 bits per heavy atom. The lowest BCUT2D eigenvalue weighted by Crippen LogP contribution is -2.48. The molecule has 3 atom stereocenters. The first kappa shape index (κ1) is 22.9. The van der Waals surface area contributed by atoms with Crippen molar-refractivity contribution in [2.24, 2.45) is 11.8 Å². The number of amides is 1. The first-order valence-electron chi connectivity index (χ1n) is 11.1. The number of alkyl halides is 3. The fourth-order valence-electron chi connectivity index (χ4n) is 4.50. The summed E-state index contributed by atoms with van der Waals surface area (Å²) in [5.74, 6) is 0.401. The lowest BCUT2D eigenvalue weighted by atomic mass is 10.0. The number of aryl methyl sites for hydroxylation is 1. The molecule has 7 nitrogen and oxygen atoms in total. The van der Waals surface area contributed by atoms with Crippen LogP contribution in [0.5, 0.6) is 5.88 Å². The highest BCUT2D eigenvalue weighted by molar-refractivity contribution is 5.98. The van der Waals surface area contributed by atoms with Gasteiger partial charge < -0.3 is 9.64 Å². The molecule has 3 unspecified atom stereocenters. The number of hydrogen-bond acceptors (Lipinski definition) is 6. The minimum atomic E-state index is -4.57. The van der Waals surface area contributed by atoms with E-state index in [0.717, 1.165) is 11.6 Å². The molecular weight excluding hydrogens is 459 g/mol. The Kier molecular flexibility index (Phi) is 5.74. The van der Waals surface area contributed by atoms with Crippen molar-refractivity contribution < 1.29 is 22.7 Å². The second-order valence-electron chi connectivity index (χ2n) is 8.73. The molecule has 0 N–H and O–H groups in total. The van der Waals surface area contributed by atoms with E-state index in [1.165, 1.54) is 12.1 Å². The highest BCUT2D eigenvalue weighted by Crippen LogP contribution is 2.52. The predicted molar refractivity (Wildman–Crippen MR) is 120 cm³/mol. The molecule has 1 saturated heterocycles. The largest absolute Gasteiger partial charge is 0.475 e. The fourth-order valence-corrected chi connectivity index (χ4v) is 4.50. The third kappa shape index (κ3) is 4.60. The molecule has 1 aliphatic carbocycles. The number of halogens is 3. The van der Waals surface area contributed by atoms with Crippen LogP contribution in [0, 0.1) is 18.8 Å². The quantitative estimate of drug-likeness (QED) is 0.504. The van der Waals surface area contributed by atoms with Crippen molar-refractivity contribution in [3.8, 4) is 17.3 Å². The Hall–Kier alpha value is -3.82. The molecule has 2 aliphatic rings. The van der Waals surface area contributed by atoms with Gasteiger partial charge >= 0.3 is 6.18 Å². The van der Waals surface area contributed by atoms with Crippen LogP contribution in [0.4, 0.5) is 13.2 Å². The number of aromatic nitrogens is 4. The van der Waals surface area contributed by atoms with E-state index in [1.807, 2.05) is 0 Å². The van der Waals surface area contributed by atoms with Crippen molar-refractivity contribution in [1.82, 2.24) is 24.8 Å². The zero-order chi connectivity index (χ0) is 24.7. The zero-order valence-electron chi connectivity index (χ0n) is 18.9. The molecule has 1 saturated carbocycles. The Morgan fingerprint density at radius 2 is 1.89 bits per heavy atom. The van der Waals surface area contributed by atoms with Crippen molar-refractivity contribution in [2.45, 2.75) is 25.6 Å². The third-order valence-electron chi connectivity index (χ3n) is 6.43. The monoisotopic (exact) mass is 481 g/mol. The van der Waals surface area contributed by atoms with E-state index in [1.54, 1.807) is 42.4 Å². The molecule has 1 aliphatic heterocycles. The van der Waals surface area contributed by atoms with E-state index in [4.69, 9.17) is 4.74 Å². The molecule has 180 valence electrons. The van der Waals surface area contributed by atoms with E-state index in [-0.39, 0.29) is 42.0 Å². The fraction of sp³-hybridized carbons (Fsp3) is 0.320. The summed E-state index contributed by atoms with van der Waals surface area (Å²) in [5, 5.41) is 0. The smallest absolute Gasteiger partial charge is 0.433 e. The third-order valence-corrected chi connectivity index (χ3v) is 6.43. The number of likely N-dealkylation sites (tertiary alicyclic amines) is 1. The van der Waals surface area contributed by atoms with Gasteiger partial charge in [0.25, 0.3) is 5.91 Å². The maximum absolute atomic E-state index is 13.8. The highest BCUT2D eigenvalue weighted by Gasteiger charge is 2.51. The molecule has 3 aromatic rings. The summed E-state index contributed by atoms with van der Waals surface area (Å²) in [6.45, 7) is 6.33. The second kappa shape index (κ2) is 8.75. The van der Waals surface area contributed by atoms with Gasteiger partial charge in [-0.25, -0.2) is 19.9 Å². The molecule has 1 amide bonds. The second-order valence-corrected chi connectivity index (χ2v) is 8.73. The summed E-state index contributed by atoms with van der Waals surface area (Å²) >= 11 is 0. The number of hydrogen-bond donors (Lipinski definition) is 0. The van der Waals surface area contributed by atoms with Crippen molar-refractivity contribution >= 4 is 5.91 Å². The summed E-state index contributed by atoms with van der Waals surface area (Å²) in [6, 6.07) is 8.37. The van der Waals surface area contributed by atoms with Crippen LogP contribution in [-0.2, 0) is 6.18 Å². The normalized spacial score (nSPS) is 21.4.